The second-order valence-electron chi connectivity index (χ2n) is 6.51. The van der Waals surface area contributed by atoms with Gasteiger partial charge in [-0.2, -0.15) is 0 Å². The standard InChI is InChI=1S/C14H22/c1-9-4-5-12-10(6-9)7-11-8-13(12)14(11,2)3/h4,10-13H,5-8H2,1-3H3. The van der Waals surface area contributed by atoms with Gasteiger partial charge in [0.1, 0.15) is 0 Å². The molecule has 4 atom stereocenters. The highest BCUT2D eigenvalue weighted by Gasteiger charge is 2.57. The molecule has 0 saturated heterocycles. The highest BCUT2D eigenvalue weighted by atomic mass is 14.6. The third-order valence-corrected chi connectivity index (χ3v) is 5.58. The van der Waals surface area contributed by atoms with Gasteiger partial charge in [-0.3, -0.25) is 0 Å². The van der Waals surface area contributed by atoms with Gasteiger partial charge in [-0.1, -0.05) is 25.5 Å². The number of hydrogen-bond donors (Lipinski definition) is 0. The van der Waals surface area contributed by atoms with E-state index in [1.807, 2.05) is 0 Å². The van der Waals surface area contributed by atoms with E-state index < -0.39 is 0 Å². The quantitative estimate of drug-likeness (QED) is 0.506. The van der Waals surface area contributed by atoms with Gasteiger partial charge in [0.25, 0.3) is 0 Å². The van der Waals surface area contributed by atoms with Crippen LogP contribution in [0.1, 0.15) is 46.5 Å². The monoisotopic (exact) mass is 190 g/mol. The second-order valence-corrected chi connectivity index (χ2v) is 6.51. The van der Waals surface area contributed by atoms with Crippen molar-refractivity contribution < 1.29 is 0 Å². The van der Waals surface area contributed by atoms with E-state index in [0.717, 1.165) is 23.7 Å². The highest BCUT2D eigenvalue weighted by molar-refractivity contribution is 5.14. The molecule has 4 aliphatic carbocycles. The summed E-state index contributed by atoms with van der Waals surface area (Å²) >= 11 is 0. The Hall–Kier alpha value is -0.260. The van der Waals surface area contributed by atoms with Gasteiger partial charge in [0.15, 0.2) is 0 Å². The minimum Gasteiger partial charge on any atom is -0.0853 e. The van der Waals surface area contributed by atoms with Crippen LogP contribution in [0.2, 0.25) is 0 Å². The molecule has 14 heavy (non-hydrogen) atoms. The number of rotatable bonds is 0. The molecule has 78 valence electrons. The van der Waals surface area contributed by atoms with Crippen molar-refractivity contribution in [3.05, 3.63) is 11.6 Å². The normalized spacial score (nSPS) is 48.9. The molecule has 0 nitrogen and oxygen atoms in total. The van der Waals surface area contributed by atoms with Crippen LogP contribution in [0.4, 0.5) is 0 Å². The molecule has 4 unspecified atom stereocenters. The van der Waals surface area contributed by atoms with E-state index >= 15 is 0 Å². The molecule has 4 aliphatic rings. The molecular formula is C14H22. The number of hydrogen-bond acceptors (Lipinski definition) is 0. The Labute approximate surface area is 87.8 Å². The summed E-state index contributed by atoms with van der Waals surface area (Å²) in [4.78, 5) is 0. The average Bonchev–Trinajstić information content (AvgIpc) is 2.16. The minimum atomic E-state index is 0.681. The van der Waals surface area contributed by atoms with Crippen LogP contribution in [0, 0.1) is 29.1 Å². The fourth-order valence-electron chi connectivity index (χ4n) is 4.48. The van der Waals surface area contributed by atoms with Gasteiger partial charge in [0.05, 0.1) is 0 Å². The Morgan fingerprint density at radius 1 is 1.29 bits per heavy atom. The summed E-state index contributed by atoms with van der Waals surface area (Å²) in [7, 11) is 0. The summed E-state index contributed by atoms with van der Waals surface area (Å²) in [5, 5.41) is 0. The zero-order chi connectivity index (χ0) is 9.92. The van der Waals surface area contributed by atoms with Gasteiger partial charge in [-0.25, -0.2) is 0 Å². The molecule has 0 aromatic carbocycles. The van der Waals surface area contributed by atoms with Crippen LogP contribution < -0.4 is 0 Å². The van der Waals surface area contributed by atoms with E-state index in [9.17, 15) is 0 Å². The Bertz CT molecular complexity index is 284. The Kier molecular flexibility index (Phi) is 1.70. The SMILES string of the molecule is CC1=CCC2C(C1)CC1CC2C1(C)C. The van der Waals surface area contributed by atoms with E-state index in [-0.39, 0.29) is 0 Å². The predicted octanol–water partition coefficient (Wildman–Crippen LogP) is 4.02. The van der Waals surface area contributed by atoms with Crippen LogP contribution in [0.3, 0.4) is 0 Å². The van der Waals surface area contributed by atoms with Gasteiger partial charge < -0.3 is 0 Å². The predicted molar refractivity (Wildman–Crippen MR) is 60.0 cm³/mol. The molecule has 0 aromatic heterocycles. The lowest BCUT2D eigenvalue weighted by molar-refractivity contribution is -0.135. The summed E-state index contributed by atoms with van der Waals surface area (Å²) in [6, 6.07) is 0. The Balaban J connectivity index is 1.86. The first kappa shape index (κ1) is 9.00. The molecule has 0 radical (unpaired) electrons. The van der Waals surface area contributed by atoms with Gasteiger partial charge >= 0.3 is 0 Å². The molecule has 3 fully saturated rings. The fraction of sp³-hybridized carbons (Fsp3) is 0.857. The summed E-state index contributed by atoms with van der Waals surface area (Å²) in [5.41, 5.74) is 2.34. The van der Waals surface area contributed by atoms with Gasteiger partial charge in [-0.05, 0) is 61.7 Å². The van der Waals surface area contributed by atoms with Crippen LogP contribution in [0.5, 0.6) is 0 Å². The van der Waals surface area contributed by atoms with E-state index in [1.165, 1.54) is 19.3 Å². The average molecular weight is 190 g/mol. The molecular weight excluding hydrogens is 168 g/mol. The van der Waals surface area contributed by atoms with E-state index in [2.05, 4.69) is 26.8 Å². The maximum atomic E-state index is 2.51. The van der Waals surface area contributed by atoms with Gasteiger partial charge in [0.2, 0.25) is 0 Å². The van der Waals surface area contributed by atoms with Crippen molar-refractivity contribution in [3.63, 3.8) is 0 Å². The van der Waals surface area contributed by atoms with E-state index in [1.54, 1.807) is 12.0 Å². The van der Waals surface area contributed by atoms with E-state index in [4.69, 9.17) is 0 Å². The minimum absolute atomic E-state index is 0.681. The molecule has 0 amide bonds. The molecule has 4 rings (SSSR count). The van der Waals surface area contributed by atoms with E-state index in [0.29, 0.717) is 5.41 Å². The lowest BCUT2D eigenvalue weighted by Gasteiger charge is -2.63. The molecule has 0 heterocycles. The third kappa shape index (κ3) is 1.00. The van der Waals surface area contributed by atoms with Crippen molar-refractivity contribution >= 4 is 0 Å². The molecule has 0 aromatic rings. The molecule has 2 bridgehead atoms. The Morgan fingerprint density at radius 3 is 2.79 bits per heavy atom. The summed E-state index contributed by atoms with van der Waals surface area (Å²) in [6.07, 6.45) is 8.38. The fourth-order valence-corrected chi connectivity index (χ4v) is 4.48. The van der Waals surface area contributed by atoms with Crippen molar-refractivity contribution in [1.29, 1.82) is 0 Å². The zero-order valence-electron chi connectivity index (χ0n) is 9.72. The first-order chi connectivity index (χ1) is 6.59. The third-order valence-electron chi connectivity index (χ3n) is 5.58. The highest BCUT2D eigenvalue weighted by Crippen LogP contribution is 2.65. The molecule has 0 heteroatoms. The first-order valence-electron chi connectivity index (χ1n) is 6.24. The van der Waals surface area contributed by atoms with Crippen molar-refractivity contribution in [1.82, 2.24) is 0 Å². The van der Waals surface area contributed by atoms with Crippen molar-refractivity contribution in [2.45, 2.75) is 46.5 Å². The smallest absolute Gasteiger partial charge is 0.0292 e. The van der Waals surface area contributed by atoms with Crippen molar-refractivity contribution in [2.24, 2.45) is 29.1 Å². The molecule has 0 aliphatic heterocycles. The summed E-state index contributed by atoms with van der Waals surface area (Å²) in [6.45, 7) is 7.34. The van der Waals surface area contributed by atoms with Gasteiger partial charge in [0, 0.05) is 0 Å². The van der Waals surface area contributed by atoms with Crippen molar-refractivity contribution in [2.75, 3.05) is 0 Å². The molecule has 0 N–H and O–H groups in total. The van der Waals surface area contributed by atoms with Crippen LogP contribution >= 0.6 is 0 Å². The van der Waals surface area contributed by atoms with Crippen LogP contribution in [-0.2, 0) is 0 Å². The lowest BCUT2D eigenvalue weighted by atomic mass is 9.42. The molecule has 0 spiro atoms. The maximum absolute atomic E-state index is 2.51. The summed E-state index contributed by atoms with van der Waals surface area (Å²) in [5.74, 6) is 4.20. The summed E-state index contributed by atoms with van der Waals surface area (Å²) < 4.78 is 0. The topological polar surface area (TPSA) is 0 Å². The Morgan fingerprint density at radius 2 is 2.07 bits per heavy atom. The molecule has 3 saturated carbocycles. The maximum Gasteiger partial charge on any atom is -0.0292 e. The van der Waals surface area contributed by atoms with Crippen LogP contribution in [0.25, 0.3) is 0 Å². The largest absolute Gasteiger partial charge is 0.0853 e. The first-order valence-corrected chi connectivity index (χ1v) is 6.24. The second kappa shape index (κ2) is 2.65. The van der Waals surface area contributed by atoms with Crippen molar-refractivity contribution in [3.8, 4) is 0 Å². The van der Waals surface area contributed by atoms with Crippen LogP contribution in [-0.4, -0.2) is 0 Å². The van der Waals surface area contributed by atoms with Crippen LogP contribution in [0.15, 0.2) is 11.6 Å². The van der Waals surface area contributed by atoms with Gasteiger partial charge in [-0.15, -0.1) is 0 Å². The lowest BCUT2D eigenvalue weighted by Crippen LogP contribution is -2.56. The number of allylic oxidation sites excluding steroid dienone is 2. The zero-order valence-corrected chi connectivity index (χ0v) is 9.72.